The van der Waals surface area contributed by atoms with Crippen LogP contribution in [0.4, 0.5) is 5.82 Å². The van der Waals surface area contributed by atoms with Crippen LogP contribution in [0, 0.1) is 0 Å². The molecule has 120 valence electrons. The molecule has 0 radical (unpaired) electrons. The van der Waals surface area contributed by atoms with E-state index in [4.69, 9.17) is 16.3 Å². The van der Waals surface area contributed by atoms with Gasteiger partial charge in [0.1, 0.15) is 17.4 Å². The Hall–Kier alpha value is -2.48. The first kappa shape index (κ1) is 15.9. The van der Waals surface area contributed by atoms with Gasteiger partial charge in [0.05, 0.1) is 13.3 Å². The van der Waals surface area contributed by atoms with Crippen molar-refractivity contribution in [3.63, 3.8) is 0 Å². The molecule has 1 aliphatic heterocycles. The minimum Gasteiger partial charge on any atom is -0.495 e. The van der Waals surface area contributed by atoms with Gasteiger partial charge in [0.2, 0.25) is 5.96 Å². The van der Waals surface area contributed by atoms with Crippen molar-refractivity contribution in [3.05, 3.63) is 30.7 Å². The van der Waals surface area contributed by atoms with Gasteiger partial charge in [0.25, 0.3) is 0 Å². The van der Waals surface area contributed by atoms with E-state index in [1.54, 1.807) is 20.4 Å². The summed E-state index contributed by atoms with van der Waals surface area (Å²) in [6.45, 7) is 6.80. The Morgan fingerprint density at radius 3 is 2.50 bits per heavy atom. The van der Waals surface area contributed by atoms with Crippen molar-refractivity contribution in [3.8, 4) is 5.75 Å². The molecule has 0 aromatic carbocycles. The van der Waals surface area contributed by atoms with Crippen LogP contribution >= 0.6 is 0 Å². The minimum atomic E-state index is 0.242. The maximum atomic E-state index is 5.82. The highest BCUT2D eigenvalue weighted by Crippen LogP contribution is 2.17. The van der Waals surface area contributed by atoms with E-state index in [1.165, 1.54) is 5.01 Å². The van der Waals surface area contributed by atoms with Gasteiger partial charge in [0, 0.05) is 33.2 Å². The molecule has 2 rings (SSSR count). The molecule has 4 N–H and O–H groups in total. The zero-order valence-corrected chi connectivity index (χ0v) is 13.1. The molecule has 22 heavy (non-hydrogen) atoms. The predicted octanol–water partition coefficient (Wildman–Crippen LogP) is -0.196. The molecule has 0 aliphatic carbocycles. The Labute approximate surface area is 130 Å². The second kappa shape index (κ2) is 6.99. The molecule has 1 aliphatic rings. The van der Waals surface area contributed by atoms with Gasteiger partial charge in [-0.15, -0.1) is 0 Å². The third-order valence-electron chi connectivity index (χ3n) is 3.40. The summed E-state index contributed by atoms with van der Waals surface area (Å²) in [5.41, 5.74) is 5.56. The highest BCUT2D eigenvalue weighted by molar-refractivity contribution is 5.80. The summed E-state index contributed by atoms with van der Waals surface area (Å²) in [5.74, 6) is 8.37. The molecule has 0 spiro atoms. The third kappa shape index (κ3) is 3.79. The van der Waals surface area contributed by atoms with E-state index in [2.05, 4.69) is 26.4 Å². The quantitative estimate of drug-likeness (QED) is 0.345. The highest BCUT2D eigenvalue weighted by atomic mass is 16.5. The Kier molecular flexibility index (Phi) is 5.05. The van der Waals surface area contributed by atoms with Gasteiger partial charge < -0.3 is 20.3 Å². The van der Waals surface area contributed by atoms with Gasteiger partial charge in [-0.2, -0.15) is 4.99 Å². The van der Waals surface area contributed by atoms with Gasteiger partial charge in [-0.05, 0) is 12.1 Å². The minimum absolute atomic E-state index is 0.242. The number of anilines is 1. The lowest BCUT2D eigenvalue weighted by Crippen LogP contribution is -2.54. The Bertz CT molecular complexity index is 533. The SMILES string of the molecule is C=C(N)N=C(N(C)N)N1CCN(c2ccc(OC)cn2)CC1. The number of hydrogen-bond acceptors (Lipinski definition) is 6. The average Bonchev–Trinajstić information content (AvgIpc) is 2.52. The van der Waals surface area contributed by atoms with Crippen LogP contribution in [-0.4, -0.2) is 61.2 Å². The summed E-state index contributed by atoms with van der Waals surface area (Å²) >= 11 is 0. The van der Waals surface area contributed by atoms with Crippen LogP contribution in [0.25, 0.3) is 0 Å². The number of rotatable bonds is 3. The number of nitrogens with zero attached hydrogens (tertiary/aromatic N) is 5. The summed E-state index contributed by atoms with van der Waals surface area (Å²) in [4.78, 5) is 12.9. The summed E-state index contributed by atoms with van der Waals surface area (Å²) in [6, 6.07) is 3.87. The smallest absolute Gasteiger partial charge is 0.217 e. The molecule has 2 heterocycles. The first-order valence-electron chi connectivity index (χ1n) is 7.02. The van der Waals surface area contributed by atoms with Crippen molar-refractivity contribution in [2.75, 3.05) is 45.2 Å². The van der Waals surface area contributed by atoms with Crippen molar-refractivity contribution < 1.29 is 4.74 Å². The van der Waals surface area contributed by atoms with Gasteiger partial charge in [-0.25, -0.2) is 10.8 Å². The molecule has 0 amide bonds. The lowest BCUT2D eigenvalue weighted by molar-refractivity contribution is 0.329. The average molecular weight is 305 g/mol. The Balaban J connectivity index is 2.01. The fourth-order valence-corrected chi connectivity index (χ4v) is 2.32. The highest BCUT2D eigenvalue weighted by Gasteiger charge is 2.22. The van der Waals surface area contributed by atoms with Crippen LogP contribution in [0.15, 0.2) is 35.7 Å². The summed E-state index contributed by atoms with van der Waals surface area (Å²) < 4.78 is 5.12. The van der Waals surface area contributed by atoms with Crippen LogP contribution in [0.2, 0.25) is 0 Å². The molecular weight excluding hydrogens is 282 g/mol. The first-order valence-corrected chi connectivity index (χ1v) is 7.02. The zero-order chi connectivity index (χ0) is 16.1. The summed E-state index contributed by atoms with van der Waals surface area (Å²) in [7, 11) is 3.37. The fraction of sp³-hybridized carbons (Fsp3) is 0.429. The molecule has 0 saturated carbocycles. The third-order valence-corrected chi connectivity index (χ3v) is 3.40. The molecule has 8 nitrogen and oxygen atoms in total. The molecule has 1 saturated heterocycles. The van der Waals surface area contributed by atoms with Crippen LogP contribution in [0.3, 0.4) is 0 Å². The van der Waals surface area contributed by atoms with E-state index in [-0.39, 0.29) is 5.82 Å². The number of aliphatic imine (C=N–C) groups is 1. The van der Waals surface area contributed by atoms with E-state index in [0.29, 0.717) is 5.96 Å². The molecular formula is C14H23N7O. The Morgan fingerprint density at radius 2 is 2.05 bits per heavy atom. The monoisotopic (exact) mass is 305 g/mol. The van der Waals surface area contributed by atoms with Gasteiger partial charge in [-0.3, -0.25) is 5.01 Å². The number of guanidine groups is 1. The summed E-state index contributed by atoms with van der Waals surface area (Å²) in [6.07, 6.45) is 1.72. The first-order chi connectivity index (χ1) is 10.5. The lowest BCUT2D eigenvalue weighted by Gasteiger charge is -2.38. The number of ether oxygens (including phenoxy) is 1. The predicted molar refractivity (Wildman–Crippen MR) is 87.3 cm³/mol. The Morgan fingerprint density at radius 1 is 1.36 bits per heavy atom. The number of hydrazine groups is 1. The van der Waals surface area contributed by atoms with Gasteiger partial charge >= 0.3 is 0 Å². The van der Waals surface area contributed by atoms with Gasteiger partial charge in [0.15, 0.2) is 0 Å². The van der Waals surface area contributed by atoms with Crippen LogP contribution < -0.4 is 21.2 Å². The standard InChI is InChI=1S/C14H23N7O/c1-11(15)18-14(19(2)16)21-8-6-20(7-9-21)13-5-4-12(22-3)10-17-13/h4-5,10H,1,6-9,15-16H2,2-3H3. The molecule has 1 aromatic rings. The zero-order valence-electron chi connectivity index (χ0n) is 13.1. The van der Waals surface area contributed by atoms with Crippen LogP contribution in [0.5, 0.6) is 5.75 Å². The lowest BCUT2D eigenvalue weighted by atomic mass is 10.3. The van der Waals surface area contributed by atoms with Crippen molar-refractivity contribution >= 4 is 11.8 Å². The normalized spacial score (nSPS) is 15.7. The molecule has 0 unspecified atom stereocenters. The number of aromatic nitrogens is 1. The number of piperazine rings is 1. The number of nitrogens with two attached hydrogens (primary N) is 2. The number of pyridine rings is 1. The topological polar surface area (TPSA) is 96.2 Å². The van der Waals surface area contributed by atoms with Crippen LogP contribution in [-0.2, 0) is 0 Å². The maximum absolute atomic E-state index is 5.82. The van der Waals surface area contributed by atoms with Crippen molar-refractivity contribution in [1.82, 2.24) is 14.9 Å². The fourth-order valence-electron chi connectivity index (χ4n) is 2.32. The van der Waals surface area contributed by atoms with E-state index < -0.39 is 0 Å². The second-order valence-electron chi connectivity index (χ2n) is 5.04. The summed E-state index contributed by atoms with van der Waals surface area (Å²) in [5, 5.41) is 1.46. The number of hydrogen-bond donors (Lipinski definition) is 2. The molecule has 1 fully saturated rings. The molecule has 1 aromatic heterocycles. The largest absolute Gasteiger partial charge is 0.495 e. The second-order valence-corrected chi connectivity index (χ2v) is 5.04. The van der Waals surface area contributed by atoms with Crippen molar-refractivity contribution in [1.29, 1.82) is 0 Å². The van der Waals surface area contributed by atoms with Gasteiger partial charge in [-0.1, -0.05) is 6.58 Å². The van der Waals surface area contributed by atoms with E-state index in [0.717, 1.165) is 37.7 Å². The van der Waals surface area contributed by atoms with E-state index >= 15 is 0 Å². The maximum Gasteiger partial charge on any atom is 0.217 e. The van der Waals surface area contributed by atoms with E-state index in [1.807, 2.05) is 12.1 Å². The molecule has 0 atom stereocenters. The van der Waals surface area contributed by atoms with E-state index in [9.17, 15) is 0 Å². The molecule has 0 bridgehead atoms. The van der Waals surface area contributed by atoms with Crippen molar-refractivity contribution in [2.24, 2.45) is 16.6 Å². The van der Waals surface area contributed by atoms with Crippen LogP contribution in [0.1, 0.15) is 0 Å². The van der Waals surface area contributed by atoms with Crippen molar-refractivity contribution in [2.45, 2.75) is 0 Å². The molecule has 8 heteroatoms. The number of methoxy groups -OCH3 is 1.